The number of amides is 1. The number of anilines is 1. The van der Waals surface area contributed by atoms with Crippen molar-refractivity contribution in [3.8, 4) is 17.0 Å². The molecule has 14 heteroatoms. The number of benzene rings is 1. The molecule has 0 fully saturated rings. The zero-order valence-corrected chi connectivity index (χ0v) is 20.0. The Morgan fingerprint density at radius 1 is 1.20 bits per heavy atom. The highest BCUT2D eigenvalue weighted by molar-refractivity contribution is 7.18. The van der Waals surface area contributed by atoms with Crippen molar-refractivity contribution >= 4 is 43.9 Å². The third kappa shape index (κ3) is 4.84. The fourth-order valence-corrected chi connectivity index (χ4v) is 5.30. The number of fused-ring (bicyclic) bond motifs is 1. The van der Waals surface area contributed by atoms with E-state index in [1.807, 2.05) is 0 Å². The van der Waals surface area contributed by atoms with Gasteiger partial charge in [0.25, 0.3) is 5.56 Å². The SMILES string of the molecule is Cc1sc2c(c1CC(=O)Nc1nc(-c3ccc(F)c(OC(F)(F)F)c3)cs1)c(=O)n(C)c(=O)n2C. The van der Waals surface area contributed by atoms with Gasteiger partial charge in [0, 0.05) is 29.9 Å². The van der Waals surface area contributed by atoms with Crippen LogP contribution in [0.3, 0.4) is 0 Å². The molecule has 4 aromatic rings. The number of thiazole rings is 1. The molecule has 0 spiro atoms. The van der Waals surface area contributed by atoms with E-state index in [-0.39, 0.29) is 28.2 Å². The number of nitrogens with one attached hydrogen (secondary N) is 1. The van der Waals surface area contributed by atoms with Crippen LogP contribution in [0.2, 0.25) is 0 Å². The largest absolute Gasteiger partial charge is 0.573 e. The maximum Gasteiger partial charge on any atom is 0.573 e. The Morgan fingerprint density at radius 2 is 1.91 bits per heavy atom. The van der Waals surface area contributed by atoms with Crippen LogP contribution in [-0.2, 0) is 25.3 Å². The second kappa shape index (κ2) is 8.92. The number of hydrogen-bond donors (Lipinski definition) is 1. The Labute approximate surface area is 202 Å². The van der Waals surface area contributed by atoms with E-state index in [9.17, 15) is 31.9 Å². The van der Waals surface area contributed by atoms with Gasteiger partial charge >= 0.3 is 12.1 Å². The lowest BCUT2D eigenvalue weighted by atomic mass is 10.1. The number of hydrogen-bond acceptors (Lipinski definition) is 7. The van der Waals surface area contributed by atoms with Crippen molar-refractivity contribution in [3.05, 3.63) is 60.7 Å². The minimum atomic E-state index is -5.06. The van der Waals surface area contributed by atoms with Crippen molar-refractivity contribution in [2.24, 2.45) is 14.1 Å². The molecule has 0 saturated carbocycles. The summed E-state index contributed by atoms with van der Waals surface area (Å²) >= 11 is 2.25. The number of carbonyl (C=O) groups excluding carboxylic acids is 1. The molecule has 184 valence electrons. The summed E-state index contributed by atoms with van der Waals surface area (Å²) in [6.45, 7) is 1.74. The van der Waals surface area contributed by atoms with E-state index < -0.39 is 35.1 Å². The Kier molecular flexibility index (Phi) is 6.27. The first-order valence-electron chi connectivity index (χ1n) is 9.84. The lowest BCUT2D eigenvalue weighted by molar-refractivity contribution is -0.275. The maximum absolute atomic E-state index is 13.7. The zero-order chi connectivity index (χ0) is 25.7. The number of rotatable bonds is 5. The first-order valence-corrected chi connectivity index (χ1v) is 11.5. The lowest BCUT2D eigenvalue weighted by Gasteiger charge is -2.10. The van der Waals surface area contributed by atoms with Crippen molar-refractivity contribution < 1.29 is 27.1 Å². The summed E-state index contributed by atoms with van der Waals surface area (Å²) in [4.78, 5) is 42.9. The standard InChI is InChI=1S/C21H16F4N4O4S2/c1-9-11(16-17(31)28(2)20(32)29(3)18(16)35-9)7-15(30)27-19-26-13(8-34-19)10-4-5-12(22)14(6-10)33-21(23,24)25/h4-6,8H,7H2,1-3H3,(H,26,27,30). The van der Waals surface area contributed by atoms with Gasteiger partial charge in [0.2, 0.25) is 5.91 Å². The first-order chi connectivity index (χ1) is 16.4. The van der Waals surface area contributed by atoms with E-state index in [0.717, 1.165) is 28.0 Å². The molecule has 0 atom stereocenters. The molecule has 0 aliphatic rings. The van der Waals surface area contributed by atoms with Gasteiger partial charge in [-0.1, -0.05) is 0 Å². The molecule has 0 aliphatic heterocycles. The van der Waals surface area contributed by atoms with Crippen LogP contribution in [0.25, 0.3) is 21.5 Å². The Balaban J connectivity index is 1.57. The van der Waals surface area contributed by atoms with Crippen molar-refractivity contribution in [2.75, 3.05) is 5.32 Å². The van der Waals surface area contributed by atoms with Crippen LogP contribution >= 0.6 is 22.7 Å². The summed E-state index contributed by atoms with van der Waals surface area (Å²) in [5.41, 5.74) is -0.118. The molecule has 0 radical (unpaired) electrons. The van der Waals surface area contributed by atoms with Crippen LogP contribution < -0.4 is 21.3 Å². The summed E-state index contributed by atoms with van der Waals surface area (Å²) in [6.07, 6.45) is -5.22. The fraction of sp³-hybridized carbons (Fsp3) is 0.238. The number of thiophene rings is 1. The molecular formula is C21H16F4N4O4S2. The Hall–Kier alpha value is -3.52. The molecule has 35 heavy (non-hydrogen) atoms. The molecule has 3 aromatic heterocycles. The van der Waals surface area contributed by atoms with Gasteiger partial charge in [0.1, 0.15) is 4.83 Å². The van der Waals surface area contributed by atoms with E-state index in [1.165, 1.54) is 34.4 Å². The summed E-state index contributed by atoms with van der Waals surface area (Å²) in [6, 6.07) is 2.93. The first kappa shape index (κ1) is 24.6. The molecule has 8 nitrogen and oxygen atoms in total. The van der Waals surface area contributed by atoms with Crippen LogP contribution in [0.4, 0.5) is 22.7 Å². The average Bonchev–Trinajstić information content (AvgIpc) is 3.36. The third-order valence-corrected chi connectivity index (χ3v) is 7.11. The van der Waals surface area contributed by atoms with Gasteiger partial charge in [-0.05, 0) is 30.7 Å². The number of aromatic nitrogens is 3. The van der Waals surface area contributed by atoms with Gasteiger partial charge in [-0.25, -0.2) is 14.2 Å². The van der Waals surface area contributed by atoms with Crippen molar-refractivity contribution in [2.45, 2.75) is 19.7 Å². The molecule has 0 aliphatic carbocycles. The van der Waals surface area contributed by atoms with E-state index in [2.05, 4.69) is 15.0 Å². The molecule has 0 saturated heterocycles. The van der Waals surface area contributed by atoms with Crippen LogP contribution in [0.1, 0.15) is 10.4 Å². The van der Waals surface area contributed by atoms with E-state index in [4.69, 9.17) is 0 Å². The molecule has 1 aromatic carbocycles. The highest BCUT2D eigenvalue weighted by Crippen LogP contribution is 2.32. The van der Waals surface area contributed by atoms with Gasteiger partial charge in [0.05, 0.1) is 17.5 Å². The monoisotopic (exact) mass is 528 g/mol. The van der Waals surface area contributed by atoms with E-state index >= 15 is 0 Å². The molecule has 3 heterocycles. The van der Waals surface area contributed by atoms with Crippen LogP contribution in [-0.4, -0.2) is 26.4 Å². The van der Waals surface area contributed by atoms with Crippen molar-refractivity contribution in [3.63, 3.8) is 0 Å². The summed E-state index contributed by atoms with van der Waals surface area (Å²) in [7, 11) is 2.90. The lowest BCUT2D eigenvalue weighted by Crippen LogP contribution is -2.36. The van der Waals surface area contributed by atoms with Gasteiger partial charge in [0.15, 0.2) is 16.7 Å². The van der Waals surface area contributed by atoms with Gasteiger partial charge < -0.3 is 10.1 Å². The Bertz CT molecular complexity index is 1580. The van der Waals surface area contributed by atoms with E-state index in [1.54, 1.807) is 14.0 Å². The second-order valence-electron chi connectivity index (χ2n) is 7.48. The topological polar surface area (TPSA) is 95.2 Å². The molecule has 1 amide bonds. The highest BCUT2D eigenvalue weighted by Gasteiger charge is 2.32. The smallest absolute Gasteiger partial charge is 0.403 e. The minimum absolute atomic E-state index is 0.158. The number of carbonyl (C=O) groups is 1. The quantitative estimate of drug-likeness (QED) is 0.396. The minimum Gasteiger partial charge on any atom is -0.403 e. The number of nitrogens with zero attached hydrogens (tertiary/aromatic N) is 3. The molecule has 0 unspecified atom stereocenters. The van der Waals surface area contributed by atoms with Crippen LogP contribution in [0, 0.1) is 12.7 Å². The average molecular weight is 529 g/mol. The summed E-state index contributed by atoms with van der Waals surface area (Å²) < 4.78 is 57.1. The molecular weight excluding hydrogens is 512 g/mol. The summed E-state index contributed by atoms with van der Waals surface area (Å²) in [5, 5.41) is 4.53. The van der Waals surface area contributed by atoms with Crippen LogP contribution in [0.15, 0.2) is 33.2 Å². The number of ether oxygens (including phenoxy) is 1. The summed E-state index contributed by atoms with van der Waals surface area (Å²) in [5.74, 6) is -2.66. The third-order valence-electron chi connectivity index (χ3n) is 5.13. The van der Waals surface area contributed by atoms with Gasteiger partial charge in [-0.3, -0.25) is 18.7 Å². The molecule has 1 N–H and O–H groups in total. The van der Waals surface area contributed by atoms with Gasteiger partial charge in [-0.15, -0.1) is 35.8 Å². The van der Waals surface area contributed by atoms with Crippen LogP contribution in [0.5, 0.6) is 5.75 Å². The number of aryl methyl sites for hydroxylation is 2. The Morgan fingerprint density at radius 3 is 2.60 bits per heavy atom. The maximum atomic E-state index is 13.7. The van der Waals surface area contributed by atoms with Gasteiger partial charge in [-0.2, -0.15) is 0 Å². The number of halogens is 4. The van der Waals surface area contributed by atoms with Crippen molar-refractivity contribution in [1.29, 1.82) is 0 Å². The second-order valence-corrected chi connectivity index (χ2v) is 9.54. The fourth-order valence-electron chi connectivity index (χ4n) is 3.45. The normalized spacial score (nSPS) is 11.7. The van der Waals surface area contributed by atoms with Crippen molar-refractivity contribution in [1.82, 2.24) is 14.1 Å². The molecule has 0 bridgehead atoms. The van der Waals surface area contributed by atoms with E-state index in [0.29, 0.717) is 15.3 Å². The highest BCUT2D eigenvalue weighted by atomic mass is 32.1. The zero-order valence-electron chi connectivity index (χ0n) is 18.3. The molecule has 4 rings (SSSR count). The predicted molar refractivity (Wildman–Crippen MR) is 124 cm³/mol. The number of alkyl halides is 3. The predicted octanol–water partition coefficient (Wildman–Crippen LogP) is 3.95.